The third-order valence-corrected chi connectivity index (χ3v) is 5.89. The Hall–Kier alpha value is -2.82. The van der Waals surface area contributed by atoms with E-state index in [0.29, 0.717) is 17.2 Å². The number of allylic oxidation sites excluding steroid dienone is 1. The van der Waals surface area contributed by atoms with Crippen LogP contribution in [0.25, 0.3) is 5.57 Å². The van der Waals surface area contributed by atoms with E-state index in [1.165, 1.54) is 25.7 Å². The molecule has 1 heterocycles. The minimum Gasteiger partial charge on any atom is -0.371 e. The van der Waals surface area contributed by atoms with E-state index in [1.807, 2.05) is 39.0 Å². The number of aryl methyl sites for hydroxylation is 2. The van der Waals surface area contributed by atoms with E-state index >= 15 is 0 Å². The summed E-state index contributed by atoms with van der Waals surface area (Å²) in [5.74, 6) is -0.191. The van der Waals surface area contributed by atoms with Crippen LogP contribution in [0.1, 0.15) is 65.3 Å². The van der Waals surface area contributed by atoms with Crippen LogP contribution in [-0.2, 0) is 6.54 Å². The number of aromatic nitrogens is 1. The summed E-state index contributed by atoms with van der Waals surface area (Å²) in [5.41, 5.74) is 5.50. The first-order chi connectivity index (χ1) is 13.8. The second kappa shape index (κ2) is 8.68. The molecule has 2 N–H and O–H groups in total. The van der Waals surface area contributed by atoms with Gasteiger partial charge in [0.05, 0.1) is 0 Å². The monoisotopic (exact) mass is 393 g/mol. The largest absolute Gasteiger partial charge is 0.371 e. The molecule has 0 atom stereocenters. The standard InChI is InChI=1S/C24H31N3O2/c1-15(2)22-19(11-8-12-21(22)27(5)18-9-6-7-10-18)23(28)25-14-20-16(3)13-17(4)26-24(20)29/h8,11-13,18H,1,6-7,9-10,14H2,2-5H3,(H,25,28)(H,26,29). The molecule has 29 heavy (non-hydrogen) atoms. The molecule has 0 aliphatic heterocycles. The number of nitrogens with zero attached hydrogens (tertiary/aromatic N) is 1. The average Bonchev–Trinajstić information content (AvgIpc) is 3.20. The van der Waals surface area contributed by atoms with Gasteiger partial charge >= 0.3 is 0 Å². The fourth-order valence-corrected chi connectivity index (χ4v) is 4.33. The van der Waals surface area contributed by atoms with Crippen LogP contribution in [0.15, 0.2) is 35.6 Å². The van der Waals surface area contributed by atoms with Crippen molar-refractivity contribution < 1.29 is 4.79 Å². The fourth-order valence-electron chi connectivity index (χ4n) is 4.33. The second-order valence-corrected chi connectivity index (χ2v) is 8.15. The Morgan fingerprint density at radius 2 is 1.97 bits per heavy atom. The Morgan fingerprint density at radius 1 is 1.28 bits per heavy atom. The number of rotatable bonds is 6. The molecule has 1 fully saturated rings. The first-order valence-corrected chi connectivity index (χ1v) is 10.3. The van der Waals surface area contributed by atoms with Crippen LogP contribution in [0.4, 0.5) is 5.69 Å². The number of nitrogens with one attached hydrogen (secondary N) is 2. The van der Waals surface area contributed by atoms with Crippen molar-refractivity contribution in [2.45, 2.75) is 59.0 Å². The van der Waals surface area contributed by atoms with E-state index in [1.54, 1.807) is 0 Å². The van der Waals surface area contributed by atoms with Crippen molar-refractivity contribution in [1.29, 1.82) is 0 Å². The van der Waals surface area contributed by atoms with Gasteiger partial charge in [0.1, 0.15) is 0 Å². The van der Waals surface area contributed by atoms with Gasteiger partial charge in [0.2, 0.25) is 0 Å². The van der Waals surface area contributed by atoms with Crippen molar-refractivity contribution in [2.24, 2.45) is 0 Å². The van der Waals surface area contributed by atoms with Gasteiger partial charge in [0, 0.05) is 47.7 Å². The highest BCUT2D eigenvalue weighted by Crippen LogP contribution is 2.34. The Labute approximate surface area is 172 Å². The van der Waals surface area contributed by atoms with Gasteiger partial charge in [-0.15, -0.1) is 0 Å². The summed E-state index contributed by atoms with van der Waals surface area (Å²) in [7, 11) is 2.11. The zero-order chi connectivity index (χ0) is 21.1. The highest BCUT2D eigenvalue weighted by molar-refractivity contribution is 6.01. The predicted octanol–water partition coefficient (Wildman–Crippen LogP) is 4.33. The topological polar surface area (TPSA) is 65.2 Å². The quantitative estimate of drug-likeness (QED) is 0.768. The van der Waals surface area contributed by atoms with E-state index in [4.69, 9.17) is 0 Å². The van der Waals surface area contributed by atoms with Gasteiger partial charge in [-0.25, -0.2) is 0 Å². The molecule has 0 spiro atoms. The highest BCUT2D eigenvalue weighted by Gasteiger charge is 2.24. The van der Waals surface area contributed by atoms with Crippen LogP contribution in [0.3, 0.4) is 0 Å². The molecule has 0 radical (unpaired) electrons. The maximum atomic E-state index is 13.0. The Kier molecular flexibility index (Phi) is 6.26. The average molecular weight is 394 g/mol. The zero-order valence-electron chi connectivity index (χ0n) is 17.9. The number of hydrogen-bond acceptors (Lipinski definition) is 3. The van der Waals surface area contributed by atoms with Gasteiger partial charge in [0.15, 0.2) is 0 Å². The van der Waals surface area contributed by atoms with Crippen molar-refractivity contribution in [3.63, 3.8) is 0 Å². The Morgan fingerprint density at radius 3 is 2.59 bits per heavy atom. The molecular formula is C24H31N3O2. The van der Waals surface area contributed by atoms with Crippen LogP contribution >= 0.6 is 0 Å². The number of H-pyrrole nitrogens is 1. The van der Waals surface area contributed by atoms with E-state index in [0.717, 1.165) is 28.1 Å². The number of aromatic amines is 1. The number of anilines is 1. The van der Waals surface area contributed by atoms with Crippen molar-refractivity contribution >= 4 is 17.2 Å². The first-order valence-electron chi connectivity index (χ1n) is 10.3. The van der Waals surface area contributed by atoms with Crippen molar-refractivity contribution in [1.82, 2.24) is 10.3 Å². The number of carbonyl (C=O) groups excluding carboxylic acids is 1. The minimum atomic E-state index is -0.191. The number of carbonyl (C=O) groups is 1. The zero-order valence-corrected chi connectivity index (χ0v) is 17.9. The predicted molar refractivity (Wildman–Crippen MR) is 120 cm³/mol. The van der Waals surface area contributed by atoms with E-state index in [-0.39, 0.29) is 18.0 Å². The number of hydrogen-bond donors (Lipinski definition) is 2. The lowest BCUT2D eigenvalue weighted by Gasteiger charge is -2.30. The molecule has 0 unspecified atom stereocenters. The molecule has 0 saturated heterocycles. The molecule has 3 rings (SSSR count). The molecule has 1 saturated carbocycles. The summed E-state index contributed by atoms with van der Waals surface area (Å²) in [6.45, 7) is 10.0. The number of amides is 1. The van der Waals surface area contributed by atoms with Crippen LogP contribution < -0.4 is 15.8 Å². The lowest BCUT2D eigenvalue weighted by Crippen LogP contribution is -2.31. The highest BCUT2D eigenvalue weighted by atomic mass is 16.1. The van der Waals surface area contributed by atoms with Gasteiger partial charge in [0.25, 0.3) is 11.5 Å². The summed E-state index contributed by atoms with van der Waals surface area (Å²) in [4.78, 5) is 30.4. The smallest absolute Gasteiger partial charge is 0.253 e. The van der Waals surface area contributed by atoms with Crippen molar-refractivity contribution in [2.75, 3.05) is 11.9 Å². The summed E-state index contributed by atoms with van der Waals surface area (Å²) < 4.78 is 0. The fraction of sp³-hybridized carbons (Fsp3) is 0.417. The van der Waals surface area contributed by atoms with Crippen LogP contribution in [-0.4, -0.2) is 24.0 Å². The molecular weight excluding hydrogens is 362 g/mol. The molecule has 1 amide bonds. The van der Waals surface area contributed by atoms with E-state index in [9.17, 15) is 9.59 Å². The second-order valence-electron chi connectivity index (χ2n) is 8.15. The summed E-state index contributed by atoms with van der Waals surface area (Å²) in [6.07, 6.45) is 4.86. The van der Waals surface area contributed by atoms with Gasteiger partial charge in [-0.3, -0.25) is 9.59 Å². The number of benzene rings is 1. The Bertz CT molecular complexity index is 984. The molecule has 1 aromatic heterocycles. The van der Waals surface area contributed by atoms with Gasteiger partial charge in [-0.05, 0) is 62.9 Å². The van der Waals surface area contributed by atoms with Crippen LogP contribution in [0.2, 0.25) is 0 Å². The van der Waals surface area contributed by atoms with Gasteiger partial charge in [-0.1, -0.05) is 25.5 Å². The van der Waals surface area contributed by atoms with Crippen LogP contribution in [0.5, 0.6) is 0 Å². The third-order valence-electron chi connectivity index (χ3n) is 5.89. The SMILES string of the molecule is C=C(C)c1c(C(=O)NCc2c(C)cc(C)[nH]c2=O)cccc1N(C)C1CCCC1. The van der Waals surface area contributed by atoms with E-state index in [2.05, 4.69) is 34.9 Å². The third kappa shape index (κ3) is 4.44. The summed E-state index contributed by atoms with van der Waals surface area (Å²) >= 11 is 0. The molecule has 1 aliphatic carbocycles. The van der Waals surface area contributed by atoms with Crippen molar-refractivity contribution in [3.05, 3.63) is 69.1 Å². The minimum absolute atomic E-state index is 0.155. The molecule has 0 bridgehead atoms. The van der Waals surface area contributed by atoms with Gasteiger partial charge < -0.3 is 15.2 Å². The molecule has 5 nitrogen and oxygen atoms in total. The van der Waals surface area contributed by atoms with E-state index < -0.39 is 0 Å². The van der Waals surface area contributed by atoms with Crippen molar-refractivity contribution in [3.8, 4) is 0 Å². The number of pyridine rings is 1. The molecule has 1 aromatic carbocycles. The molecule has 154 valence electrons. The van der Waals surface area contributed by atoms with Gasteiger partial charge in [-0.2, -0.15) is 0 Å². The lowest BCUT2D eigenvalue weighted by atomic mass is 9.97. The maximum Gasteiger partial charge on any atom is 0.253 e. The summed E-state index contributed by atoms with van der Waals surface area (Å²) in [6, 6.07) is 8.23. The first kappa shape index (κ1) is 20.9. The normalized spacial score (nSPS) is 14.1. The van der Waals surface area contributed by atoms with Crippen LogP contribution in [0, 0.1) is 13.8 Å². The molecule has 1 aliphatic rings. The molecule has 5 heteroatoms. The molecule has 2 aromatic rings. The Balaban J connectivity index is 1.88. The maximum absolute atomic E-state index is 13.0. The summed E-state index contributed by atoms with van der Waals surface area (Å²) in [5, 5.41) is 2.93. The lowest BCUT2D eigenvalue weighted by molar-refractivity contribution is 0.0950.